The van der Waals surface area contributed by atoms with Gasteiger partial charge in [-0.1, -0.05) is 34.2 Å². The van der Waals surface area contributed by atoms with Crippen molar-refractivity contribution in [3.8, 4) is 0 Å². The molecule has 0 radical (unpaired) electrons. The van der Waals surface area contributed by atoms with Gasteiger partial charge in [-0.05, 0) is 43.3 Å². The molecule has 0 bridgehead atoms. The lowest BCUT2D eigenvalue weighted by atomic mass is 10.1. The van der Waals surface area contributed by atoms with Crippen LogP contribution in [0.25, 0.3) is 0 Å². The number of hydrogen-bond acceptors (Lipinski definition) is 0. The predicted molar refractivity (Wildman–Crippen MR) is 56.1 cm³/mol. The number of halogens is 1. The van der Waals surface area contributed by atoms with Crippen molar-refractivity contribution in [3.05, 3.63) is 34.4 Å². The van der Waals surface area contributed by atoms with E-state index in [0.29, 0.717) is 0 Å². The van der Waals surface area contributed by atoms with Gasteiger partial charge in [0.15, 0.2) is 0 Å². The third-order valence-corrected chi connectivity index (χ3v) is 3.42. The Morgan fingerprint density at radius 3 is 2.92 bits per heavy atom. The minimum Gasteiger partial charge on any atom is -0.0979 e. The Morgan fingerprint density at radius 2 is 2.42 bits per heavy atom. The molecule has 1 fully saturated rings. The van der Waals surface area contributed by atoms with Crippen molar-refractivity contribution in [2.45, 2.75) is 19.8 Å². The summed E-state index contributed by atoms with van der Waals surface area (Å²) in [5, 5.41) is 0. The molecule has 1 heteroatoms. The van der Waals surface area contributed by atoms with E-state index in [4.69, 9.17) is 0 Å². The average Bonchev–Trinajstić information content (AvgIpc) is 2.73. The first-order valence-electron chi connectivity index (χ1n) is 4.41. The summed E-state index contributed by atoms with van der Waals surface area (Å²) in [6.07, 6.45) is 6.84. The van der Waals surface area contributed by atoms with Gasteiger partial charge in [0.1, 0.15) is 0 Å². The Labute approximate surface area is 82.2 Å². The second-order valence-corrected chi connectivity index (χ2v) is 4.69. The van der Waals surface area contributed by atoms with Crippen molar-refractivity contribution < 1.29 is 0 Å². The molecule has 0 amide bonds. The van der Waals surface area contributed by atoms with Gasteiger partial charge in [0.2, 0.25) is 0 Å². The van der Waals surface area contributed by atoms with Crippen molar-refractivity contribution in [2.24, 2.45) is 11.8 Å². The Bertz CT molecular complexity index is 283. The maximum Gasteiger partial charge on any atom is 0.0172 e. The first kappa shape index (κ1) is 8.31. The first-order chi connectivity index (χ1) is 5.72. The summed E-state index contributed by atoms with van der Waals surface area (Å²) < 4.78 is 1.12. The summed E-state index contributed by atoms with van der Waals surface area (Å²) >= 11 is 3.47. The molecule has 0 saturated heterocycles. The normalized spacial score (nSPS) is 33.7. The predicted octanol–water partition coefficient (Wildman–Crippen LogP) is 3.81. The van der Waals surface area contributed by atoms with E-state index in [9.17, 15) is 0 Å². The van der Waals surface area contributed by atoms with E-state index in [1.807, 2.05) is 6.08 Å². The van der Waals surface area contributed by atoms with Gasteiger partial charge < -0.3 is 0 Å². The molecule has 0 nitrogen and oxygen atoms in total. The standard InChI is InChI=1S/C11H13Br/c1-3-9(12)6-10-7(2)4-8-5-11(8)10/h3,6,8,11H,1,4-5H2,2H3/b9-6+. The van der Waals surface area contributed by atoms with Crippen molar-refractivity contribution in [3.63, 3.8) is 0 Å². The van der Waals surface area contributed by atoms with Gasteiger partial charge in [-0.25, -0.2) is 0 Å². The average molecular weight is 225 g/mol. The lowest BCUT2D eigenvalue weighted by Gasteiger charge is -2.00. The SMILES string of the molecule is C=C/C(Br)=C\C1=C(C)CC2CC12. The fourth-order valence-electron chi connectivity index (χ4n) is 2.12. The molecule has 2 atom stereocenters. The molecule has 2 unspecified atom stereocenters. The zero-order valence-corrected chi connectivity index (χ0v) is 8.89. The molecule has 0 aliphatic heterocycles. The third-order valence-electron chi connectivity index (χ3n) is 2.87. The molecule has 2 aliphatic rings. The monoisotopic (exact) mass is 224 g/mol. The Kier molecular flexibility index (Phi) is 1.99. The summed E-state index contributed by atoms with van der Waals surface area (Å²) in [6, 6.07) is 0. The van der Waals surface area contributed by atoms with E-state index >= 15 is 0 Å². The van der Waals surface area contributed by atoms with Gasteiger partial charge in [-0.3, -0.25) is 0 Å². The van der Waals surface area contributed by atoms with E-state index in [1.54, 1.807) is 11.1 Å². The highest BCUT2D eigenvalue weighted by atomic mass is 79.9. The van der Waals surface area contributed by atoms with Crippen LogP contribution in [0.5, 0.6) is 0 Å². The summed E-state index contributed by atoms with van der Waals surface area (Å²) in [7, 11) is 0. The van der Waals surface area contributed by atoms with Crippen molar-refractivity contribution in [2.75, 3.05) is 0 Å². The van der Waals surface area contributed by atoms with E-state index in [1.165, 1.54) is 12.8 Å². The lowest BCUT2D eigenvalue weighted by molar-refractivity contribution is 0.827. The highest BCUT2D eigenvalue weighted by molar-refractivity contribution is 9.11. The molecule has 0 aromatic heterocycles. The lowest BCUT2D eigenvalue weighted by Crippen LogP contribution is -1.81. The zero-order valence-electron chi connectivity index (χ0n) is 7.31. The van der Waals surface area contributed by atoms with Gasteiger partial charge >= 0.3 is 0 Å². The van der Waals surface area contributed by atoms with Crippen LogP contribution in [0.1, 0.15) is 19.8 Å². The Hall–Kier alpha value is -0.300. The molecule has 0 aromatic rings. The van der Waals surface area contributed by atoms with Crippen LogP contribution >= 0.6 is 15.9 Å². The van der Waals surface area contributed by atoms with Gasteiger partial charge in [-0.2, -0.15) is 0 Å². The fourth-order valence-corrected chi connectivity index (χ4v) is 2.37. The first-order valence-corrected chi connectivity index (χ1v) is 5.21. The van der Waals surface area contributed by atoms with E-state index < -0.39 is 0 Å². The van der Waals surface area contributed by atoms with Crippen LogP contribution in [0.2, 0.25) is 0 Å². The fraction of sp³-hybridized carbons (Fsp3) is 0.455. The van der Waals surface area contributed by atoms with Crippen LogP contribution in [0, 0.1) is 11.8 Å². The second kappa shape index (κ2) is 2.88. The van der Waals surface area contributed by atoms with Crippen LogP contribution in [0.3, 0.4) is 0 Å². The zero-order chi connectivity index (χ0) is 8.72. The van der Waals surface area contributed by atoms with E-state index in [-0.39, 0.29) is 0 Å². The van der Waals surface area contributed by atoms with Gasteiger partial charge in [0.05, 0.1) is 0 Å². The number of rotatable bonds is 2. The maximum absolute atomic E-state index is 3.73. The van der Waals surface area contributed by atoms with E-state index in [2.05, 4.69) is 35.5 Å². The van der Waals surface area contributed by atoms with Gasteiger partial charge in [0.25, 0.3) is 0 Å². The molecular weight excluding hydrogens is 212 g/mol. The van der Waals surface area contributed by atoms with Crippen LogP contribution < -0.4 is 0 Å². The van der Waals surface area contributed by atoms with Gasteiger partial charge in [-0.15, -0.1) is 0 Å². The smallest absolute Gasteiger partial charge is 0.0172 e. The largest absolute Gasteiger partial charge is 0.0979 e. The molecule has 64 valence electrons. The third kappa shape index (κ3) is 1.31. The summed E-state index contributed by atoms with van der Waals surface area (Å²) in [5.41, 5.74) is 3.14. The van der Waals surface area contributed by atoms with Crippen LogP contribution in [0.15, 0.2) is 34.4 Å². The molecule has 1 saturated carbocycles. The summed E-state index contributed by atoms with van der Waals surface area (Å²) in [4.78, 5) is 0. The van der Waals surface area contributed by atoms with Crippen molar-refractivity contribution >= 4 is 15.9 Å². The minimum absolute atomic E-state index is 0.887. The summed E-state index contributed by atoms with van der Waals surface area (Å²) in [6.45, 7) is 5.98. The van der Waals surface area contributed by atoms with E-state index in [0.717, 1.165) is 16.3 Å². The molecule has 2 aliphatic carbocycles. The van der Waals surface area contributed by atoms with Crippen LogP contribution in [-0.2, 0) is 0 Å². The number of allylic oxidation sites excluding steroid dienone is 5. The Balaban J connectivity index is 2.22. The highest BCUT2D eigenvalue weighted by Crippen LogP contribution is 2.55. The molecule has 0 spiro atoms. The molecule has 12 heavy (non-hydrogen) atoms. The quantitative estimate of drug-likeness (QED) is 0.627. The number of fused-ring (bicyclic) bond motifs is 1. The topological polar surface area (TPSA) is 0 Å². The Morgan fingerprint density at radius 1 is 1.67 bits per heavy atom. The second-order valence-electron chi connectivity index (χ2n) is 3.78. The van der Waals surface area contributed by atoms with Crippen LogP contribution in [0.4, 0.5) is 0 Å². The van der Waals surface area contributed by atoms with Crippen molar-refractivity contribution in [1.29, 1.82) is 0 Å². The highest BCUT2D eigenvalue weighted by Gasteiger charge is 2.44. The summed E-state index contributed by atoms with van der Waals surface area (Å²) in [5.74, 6) is 1.87. The minimum atomic E-state index is 0.887. The molecule has 0 heterocycles. The molecule has 0 aromatic carbocycles. The van der Waals surface area contributed by atoms with Crippen molar-refractivity contribution in [1.82, 2.24) is 0 Å². The van der Waals surface area contributed by atoms with Crippen LogP contribution in [-0.4, -0.2) is 0 Å². The molecule has 2 rings (SSSR count). The number of hydrogen-bond donors (Lipinski definition) is 0. The van der Waals surface area contributed by atoms with Gasteiger partial charge in [0, 0.05) is 4.48 Å². The maximum atomic E-state index is 3.73. The molecular formula is C11H13Br. The molecule has 0 N–H and O–H groups in total.